The van der Waals surface area contributed by atoms with Crippen LogP contribution in [0.1, 0.15) is 6.42 Å². The first-order valence-corrected chi connectivity index (χ1v) is 8.73. The molecule has 1 atom stereocenters. The van der Waals surface area contributed by atoms with Crippen molar-refractivity contribution in [2.24, 2.45) is 0 Å². The fraction of sp³-hybridized carbons (Fsp3) is 0.385. The Morgan fingerprint density at radius 3 is 2.64 bits per heavy atom. The van der Waals surface area contributed by atoms with E-state index >= 15 is 0 Å². The quantitative estimate of drug-likeness (QED) is 0.599. The molecule has 0 saturated carbocycles. The molecule has 7 nitrogen and oxygen atoms in total. The number of nitrogens with two attached hydrogens (primary N) is 1. The first-order chi connectivity index (χ1) is 10.2. The van der Waals surface area contributed by atoms with Crippen molar-refractivity contribution in [2.45, 2.75) is 12.5 Å². The Morgan fingerprint density at radius 2 is 2.09 bits per heavy atom. The molecular formula is C13H16ClN3O4S. The van der Waals surface area contributed by atoms with Gasteiger partial charge in [0.1, 0.15) is 0 Å². The molecule has 1 heterocycles. The second-order valence-corrected chi connectivity index (χ2v) is 7.80. The molecule has 1 saturated heterocycles. The number of rotatable bonds is 2. The molecule has 3 N–H and O–H groups in total. The molecule has 1 aromatic carbocycles. The number of nitrogen functional groups attached to an aromatic ring is 1. The van der Waals surface area contributed by atoms with Crippen LogP contribution >= 0.6 is 11.6 Å². The van der Waals surface area contributed by atoms with E-state index in [-0.39, 0.29) is 16.5 Å². The van der Waals surface area contributed by atoms with Gasteiger partial charge in [-0.15, -0.1) is 0 Å². The summed E-state index contributed by atoms with van der Waals surface area (Å²) in [5, 5.41) is 2.68. The van der Waals surface area contributed by atoms with Crippen molar-refractivity contribution in [1.82, 2.24) is 4.90 Å². The number of carbonyl (C=O) groups is 2. The number of hydrogen-bond acceptors (Lipinski definition) is 5. The predicted octanol–water partition coefficient (Wildman–Crippen LogP) is 0.506. The molecule has 1 unspecified atom stereocenters. The SMILES string of the molecule is CN(C(=O)C(=O)Nc1ccc(N)c(Cl)c1)C1CCS(=O)(=O)C1. The van der Waals surface area contributed by atoms with E-state index in [1.165, 1.54) is 30.1 Å². The van der Waals surface area contributed by atoms with Crippen molar-refractivity contribution in [3.8, 4) is 0 Å². The van der Waals surface area contributed by atoms with Gasteiger partial charge in [-0.05, 0) is 24.6 Å². The highest BCUT2D eigenvalue weighted by Gasteiger charge is 2.34. The zero-order valence-electron chi connectivity index (χ0n) is 11.9. The van der Waals surface area contributed by atoms with Crippen LogP contribution in [0.15, 0.2) is 18.2 Å². The summed E-state index contributed by atoms with van der Waals surface area (Å²) in [6.07, 6.45) is 0.339. The second-order valence-electron chi connectivity index (χ2n) is 5.16. The van der Waals surface area contributed by atoms with Crippen molar-refractivity contribution in [1.29, 1.82) is 0 Å². The number of sulfone groups is 1. The smallest absolute Gasteiger partial charge is 0.313 e. The lowest BCUT2D eigenvalue weighted by molar-refractivity contribution is -0.143. The zero-order valence-corrected chi connectivity index (χ0v) is 13.4. The highest BCUT2D eigenvalue weighted by Crippen LogP contribution is 2.23. The summed E-state index contributed by atoms with van der Waals surface area (Å²) < 4.78 is 22.9. The highest BCUT2D eigenvalue weighted by molar-refractivity contribution is 7.91. The van der Waals surface area contributed by atoms with Crippen molar-refractivity contribution in [3.63, 3.8) is 0 Å². The van der Waals surface area contributed by atoms with Crippen LogP contribution in [0.25, 0.3) is 0 Å². The van der Waals surface area contributed by atoms with Crippen LogP contribution in [0.4, 0.5) is 11.4 Å². The summed E-state index contributed by atoms with van der Waals surface area (Å²) in [5.74, 6) is -1.73. The molecular weight excluding hydrogens is 330 g/mol. The number of nitrogens with one attached hydrogen (secondary N) is 1. The van der Waals surface area contributed by atoms with Crippen molar-refractivity contribution >= 4 is 44.6 Å². The Kier molecular flexibility index (Phi) is 4.62. The highest BCUT2D eigenvalue weighted by atomic mass is 35.5. The molecule has 1 aliphatic rings. The topological polar surface area (TPSA) is 110 Å². The number of carbonyl (C=O) groups excluding carboxylic acids is 2. The Balaban J connectivity index is 2.02. The van der Waals surface area contributed by atoms with E-state index in [0.717, 1.165) is 0 Å². The lowest BCUT2D eigenvalue weighted by Gasteiger charge is -2.22. The van der Waals surface area contributed by atoms with Gasteiger partial charge in [0.25, 0.3) is 0 Å². The minimum absolute atomic E-state index is 0.0322. The Bertz CT molecular complexity index is 720. The van der Waals surface area contributed by atoms with Crippen molar-refractivity contribution in [3.05, 3.63) is 23.2 Å². The third-order valence-corrected chi connectivity index (χ3v) is 5.61. The number of anilines is 2. The fourth-order valence-electron chi connectivity index (χ4n) is 2.20. The van der Waals surface area contributed by atoms with Gasteiger partial charge in [-0.3, -0.25) is 9.59 Å². The lowest BCUT2D eigenvalue weighted by atomic mass is 10.2. The average Bonchev–Trinajstić information content (AvgIpc) is 2.81. The minimum atomic E-state index is -3.13. The number of hydrogen-bond donors (Lipinski definition) is 2. The van der Waals surface area contributed by atoms with Crippen molar-refractivity contribution in [2.75, 3.05) is 29.6 Å². The molecule has 0 radical (unpaired) electrons. The second kappa shape index (κ2) is 6.13. The van der Waals surface area contributed by atoms with E-state index in [1.807, 2.05) is 0 Å². The van der Waals surface area contributed by atoms with Crippen LogP contribution in [0.5, 0.6) is 0 Å². The van der Waals surface area contributed by atoms with Crippen LogP contribution in [0, 0.1) is 0 Å². The maximum absolute atomic E-state index is 12.1. The molecule has 1 aliphatic heterocycles. The van der Waals surface area contributed by atoms with Gasteiger partial charge in [-0.1, -0.05) is 11.6 Å². The molecule has 0 aromatic heterocycles. The summed E-state index contributed by atoms with van der Waals surface area (Å²) in [6, 6.07) is 3.99. The summed E-state index contributed by atoms with van der Waals surface area (Å²) in [6.45, 7) is 0. The van der Waals surface area contributed by atoms with Crippen LogP contribution in [-0.2, 0) is 19.4 Å². The van der Waals surface area contributed by atoms with E-state index < -0.39 is 27.7 Å². The van der Waals surface area contributed by atoms with Crippen LogP contribution < -0.4 is 11.1 Å². The number of amides is 2. The first kappa shape index (κ1) is 16.6. The minimum Gasteiger partial charge on any atom is -0.398 e. The largest absolute Gasteiger partial charge is 0.398 e. The van der Waals surface area contributed by atoms with Gasteiger partial charge >= 0.3 is 11.8 Å². The third-order valence-electron chi connectivity index (χ3n) is 3.53. The maximum Gasteiger partial charge on any atom is 0.313 e. The Labute approximate surface area is 133 Å². The number of likely N-dealkylation sites (N-methyl/N-ethyl adjacent to an activating group) is 1. The Morgan fingerprint density at radius 1 is 1.41 bits per heavy atom. The van der Waals surface area contributed by atoms with Gasteiger partial charge < -0.3 is 16.0 Å². The molecule has 0 spiro atoms. The van der Waals surface area contributed by atoms with Gasteiger partial charge in [0.05, 0.1) is 22.2 Å². The Hall–Kier alpha value is -1.80. The molecule has 1 fully saturated rings. The standard InChI is InChI=1S/C13H16ClN3O4S/c1-17(9-4-5-22(20,21)7-9)13(19)12(18)16-8-2-3-11(15)10(14)6-8/h2-3,6,9H,4-5,7,15H2,1H3,(H,16,18). The van der Waals surface area contributed by atoms with E-state index in [1.54, 1.807) is 0 Å². The summed E-state index contributed by atoms with van der Waals surface area (Å²) >= 11 is 5.84. The summed E-state index contributed by atoms with van der Waals surface area (Å²) in [4.78, 5) is 25.2. The molecule has 9 heteroatoms. The molecule has 120 valence electrons. The number of benzene rings is 1. The van der Waals surface area contributed by atoms with E-state index in [0.29, 0.717) is 17.8 Å². The monoisotopic (exact) mass is 345 g/mol. The van der Waals surface area contributed by atoms with E-state index in [9.17, 15) is 18.0 Å². The zero-order chi connectivity index (χ0) is 16.5. The molecule has 22 heavy (non-hydrogen) atoms. The molecule has 0 bridgehead atoms. The summed E-state index contributed by atoms with van der Waals surface area (Å²) in [7, 11) is -1.71. The van der Waals surface area contributed by atoms with Crippen LogP contribution in [0.2, 0.25) is 5.02 Å². The van der Waals surface area contributed by atoms with Crippen LogP contribution in [0.3, 0.4) is 0 Å². The fourth-order valence-corrected chi connectivity index (χ4v) is 4.15. The van der Waals surface area contributed by atoms with E-state index in [2.05, 4.69) is 5.32 Å². The number of halogens is 1. The van der Waals surface area contributed by atoms with Crippen LogP contribution in [-0.4, -0.2) is 49.7 Å². The molecule has 0 aliphatic carbocycles. The third kappa shape index (κ3) is 3.69. The van der Waals surface area contributed by atoms with Crippen molar-refractivity contribution < 1.29 is 18.0 Å². The maximum atomic E-state index is 12.1. The van der Waals surface area contributed by atoms with Gasteiger partial charge in [0, 0.05) is 18.8 Å². The van der Waals surface area contributed by atoms with Gasteiger partial charge in [0.2, 0.25) is 0 Å². The number of nitrogens with zero attached hydrogens (tertiary/aromatic N) is 1. The van der Waals surface area contributed by atoms with E-state index in [4.69, 9.17) is 17.3 Å². The molecule has 1 aromatic rings. The molecule has 2 rings (SSSR count). The van der Waals surface area contributed by atoms with Gasteiger partial charge in [-0.2, -0.15) is 0 Å². The average molecular weight is 346 g/mol. The normalized spacial score (nSPS) is 19.6. The van der Waals surface area contributed by atoms with Gasteiger partial charge in [-0.25, -0.2) is 8.42 Å². The summed E-state index contributed by atoms with van der Waals surface area (Å²) in [5.41, 5.74) is 6.26. The van der Waals surface area contributed by atoms with Gasteiger partial charge in [0.15, 0.2) is 9.84 Å². The first-order valence-electron chi connectivity index (χ1n) is 6.53. The molecule has 2 amide bonds. The predicted molar refractivity (Wildman–Crippen MR) is 84.3 cm³/mol. The lowest BCUT2D eigenvalue weighted by Crippen LogP contribution is -2.43.